The second-order valence-corrected chi connectivity index (χ2v) is 14.5. The Morgan fingerprint density at radius 1 is 0.956 bits per heavy atom. The summed E-state index contributed by atoms with van der Waals surface area (Å²) in [7, 11) is -4.13. The third kappa shape index (κ3) is 11.2. The average Bonchev–Trinajstić information content (AvgIpc) is 3.48. The number of morpholine rings is 1. The summed E-state index contributed by atoms with van der Waals surface area (Å²) in [6.07, 6.45) is 7.85. The Kier molecular flexibility index (Phi) is 13.9. The second kappa shape index (κ2) is 17.4. The zero-order valence-electron chi connectivity index (χ0n) is 27.5. The molecule has 0 saturated carbocycles. The van der Waals surface area contributed by atoms with Crippen LogP contribution in [0.3, 0.4) is 0 Å². The summed E-state index contributed by atoms with van der Waals surface area (Å²) in [6.45, 7) is 11.0. The zero-order chi connectivity index (χ0) is 32.3. The van der Waals surface area contributed by atoms with Crippen molar-refractivity contribution in [3.8, 4) is 0 Å². The van der Waals surface area contributed by atoms with E-state index in [1.165, 1.54) is 63.5 Å². The van der Waals surface area contributed by atoms with E-state index in [1.54, 1.807) is 12.1 Å². The first-order chi connectivity index (χ1) is 21.6. The van der Waals surface area contributed by atoms with Crippen molar-refractivity contribution < 1.29 is 41.6 Å². The quantitative estimate of drug-likeness (QED) is 0.209. The number of hydrogen-bond donors (Lipinski definition) is 1. The molecule has 3 saturated heterocycles. The van der Waals surface area contributed by atoms with Crippen LogP contribution in [0.25, 0.3) is 0 Å². The third-order valence-corrected chi connectivity index (χ3v) is 9.87. The van der Waals surface area contributed by atoms with Crippen molar-refractivity contribution in [2.45, 2.75) is 133 Å². The maximum atomic E-state index is 13.1. The molecule has 0 radical (unpaired) electrons. The molecule has 3 heterocycles. The number of nitrogens with zero attached hydrogens (tertiary/aromatic N) is 1. The number of carbonyl (C=O) groups excluding carboxylic acids is 1. The molecule has 1 aromatic carbocycles. The van der Waals surface area contributed by atoms with Crippen LogP contribution in [0, 0.1) is 6.92 Å². The van der Waals surface area contributed by atoms with E-state index in [9.17, 15) is 13.2 Å². The second-order valence-electron chi connectivity index (χ2n) is 12.9. The summed E-state index contributed by atoms with van der Waals surface area (Å²) in [6, 6.07) is 6.23. The minimum Gasteiger partial charge on any atom is -0.441 e. The summed E-state index contributed by atoms with van der Waals surface area (Å²) in [5.41, 5.74) is 0.904. The first kappa shape index (κ1) is 36.0. The lowest BCUT2D eigenvalue weighted by Gasteiger charge is -2.34. The van der Waals surface area contributed by atoms with Crippen LogP contribution in [0.15, 0.2) is 29.2 Å². The van der Waals surface area contributed by atoms with Gasteiger partial charge in [0.1, 0.15) is 24.4 Å². The van der Waals surface area contributed by atoms with Crippen LogP contribution in [0.1, 0.15) is 90.5 Å². The fourth-order valence-corrected chi connectivity index (χ4v) is 6.99. The van der Waals surface area contributed by atoms with E-state index >= 15 is 0 Å². The molecule has 0 bridgehead atoms. The number of nitrogens with one attached hydrogen (secondary N) is 1. The molecule has 0 aromatic heterocycles. The maximum Gasteiger partial charge on any atom is 0.421 e. The molecule has 1 amide bonds. The fourth-order valence-electron chi connectivity index (χ4n) is 6.11. The van der Waals surface area contributed by atoms with E-state index in [1.807, 2.05) is 20.8 Å². The van der Waals surface area contributed by atoms with E-state index in [0.717, 1.165) is 18.4 Å². The van der Waals surface area contributed by atoms with Crippen molar-refractivity contribution in [2.24, 2.45) is 0 Å². The predicted molar refractivity (Wildman–Crippen MR) is 169 cm³/mol. The highest BCUT2D eigenvalue weighted by Crippen LogP contribution is 2.41. The number of benzene rings is 1. The van der Waals surface area contributed by atoms with Gasteiger partial charge in [-0.15, -0.1) is 0 Å². The zero-order valence-corrected chi connectivity index (χ0v) is 28.4. The molecule has 45 heavy (non-hydrogen) atoms. The smallest absolute Gasteiger partial charge is 0.421 e. The van der Waals surface area contributed by atoms with Gasteiger partial charge in [-0.3, -0.25) is 4.90 Å². The number of hydrogen-bond acceptors (Lipinski definition) is 10. The van der Waals surface area contributed by atoms with Gasteiger partial charge >= 0.3 is 6.09 Å². The van der Waals surface area contributed by atoms with Gasteiger partial charge in [0.15, 0.2) is 12.1 Å². The van der Waals surface area contributed by atoms with Gasteiger partial charge in [-0.2, -0.15) is 0 Å². The van der Waals surface area contributed by atoms with E-state index in [-0.39, 0.29) is 4.90 Å². The van der Waals surface area contributed by atoms with Gasteiger partial charge in [-0.25, -0.2) is 17.9 Å². The number of unbranched alkanes of at least 4 members (excludes halogenated alkanes) is 9. The number of sulfonamides is 1. The molecule has 5 atom stereocenters. The van der Waals surface area contributed by atoms with Crippen LogP contribution in [0.2, 0.25) is 0 Å². The summed E-state index contributed by atoms with van der Waals surface area (Å²) in [4.78, 5) is 15.2. The molecular formula is C33H54N2O9S. The number of carbonyl (C=O) groups is 1. The van der Waals surface area contributed by atoms with Gasteiger partial charge < -0.3 is 28.4 Å². The van der Waals surface area contributed by atoms with Crippen LogP contribution in [0.5, 0.6) is 0 Å². The first-order valence-corrected chi connectivity index (χ1v) is 18.3. The summed E-state index contributed by atoms with van der Waals surface area (Å²) in [5, 5.41) is 0. The Morgan fingerprint density at radius 3 is 2.20 bits per heavy atom. The lowest BCUT2D eigenvalue weighted by atomic mass is 10.0. The fraction of sp³-hybridized carbons (Fsp3) is 0.788. The Morgan fingerprint density at radius 2 is 1.56 bits per heavy atom. The van der Waals surface area contributed by atoms with Gasteiger partial charge in [-0.1, -0.05) is 82.4 Å². The average molecular weight is 655 g/mol. The minimum absolute atomic E-state index is 0.0262. The topological polar surface area (TPSA) is 122 Å². The standard InChI is InChI=1S/C33H54N2O9S/c1-5-6-7-8-9-10-11-12-13-14-21-40-31-30-29(43-33(3,4)44-30)28(42-31)27(24-35-19-22-39-23-20-35)41-32(36)34-45(37,38)26-17-15-25(2)16-18-26/h15-18,27-31H,5-14,19-24H2,1-4H3,(H,34,36)/t27-,28-,29+,30+,31+/m1/s1. The van der Waals surface area contributed by atoms with E-state index in [0.29, 0.717) is 39.5 Å². The normalized spacial score (nSPS) is 25.6. The van der Waals surface area contributed by atoms with Crippen LogP contribution >= 0.6 is 0 Å². The molecule has 0 spiro atoms. The molecule has 0 unspecified atom stereocenters. The number of amides is 1. The number of rotatable bonds is 18. The van der Waals surface area contributed by atoms with Crippen LogP contribution in [-0.4, -0.2) is 95.4 Å². The molecule has 3 fully saturated rings. The summed E-state index contributed by atoms with van der Waals surface area (Å²) < 4.78 is 64.2. The molecule has 4 rings (SSSR count). The molecule has 1 aromatic rings. The predicted octanol–water partition coefficient (Wildman–Crippen LogP) is 5.29. The van der Waals surface area contributed by atoms with Crippen molar-refractivity contribution >= 4 is 16.1 Å². The molecular weight excluding hydrogens is 600 g/mol. The van der Waals surface area contributed by atoms with Gasteiger partial charge in [0, 0.05) is 26.2 Å². The highest BCUT2D eigenvalue weighted by atomic mass is 32.2. The summed E-state index contributed by atoms with van der Waals surface area (Å²) in [5.74, 6) is -0.878. The lowest BCUT2D eigenvalue weighted by Crippen LogP contribution is -2.51. The lowest BCUT2D eigenvalue weighted by molar-refractivity contribution is -0.243. The highest BCUT2D eigenvalue weighted by molar-refractivity contribution is 7.90. The molecule has 1 N–H and O–H groups in total. The van der Waals surface area contributed by atoms with E-state index in [4.69, 9.17) is 28.4 Å². The van der Waals surface area contributed by atoms with Crippen molar-refractivity contribution in [1.82, 2.24) is 9.62 Å². The van der Waals surface area contributed by atoms with E-state index in [2.05, 4.69) is 16.5 Å². The van der Waals surface area contributed by atoms with Crippen molar-refractivity contribution in [1.29, 1.82) is 0 Å². The number of aryl methyl sites for hydroxylation is 1. The summed E-state index contributed by atoms with van der Waals surface area (Å²) >= 11 is 0. The van der Waals surface area contributed by atoms with Gasteiger partial charge in [0.2, 0.25) is 0 Å². The molecule has 12 heteroatoms. The van der Waals surface area contributed by atoms with Crippen LogP contribution in [0.4, 0.5) is 4.79 Å². The van der Waals surface area contributed by atoms with Crippen molar-refractivity contribution in [2.75, 3.05) is 39.5 Å². The van der Waals surface area contributed by atoms with Gasteiger partial charge in [-0.05, 0) is 39.3 Å². The molecule has 3 aliphatic heterocycles. The number of ether oxygens (including phenoxy) is 6. The third-order valence-electron chi connectivity index (χ3n) is 8.54. The van der Waals surface area contributed by atoms with E-state index < -0.39 is 52.6 Å². The SMILES string of the molecule is CCCCCCCCCCCCO[C@H]1O[C@H]([C@@H](CN2CCOCC2)OC(=O)NS(=O)(=O)c2ccc(C)cc2)[C@@H]2OC(C)(C)O[C@H]12. The molecule has 256 valence electrons. The van der Waals surface area contributed by atoms with Gasteiger partial charge in [0.05, 0.1) is 18.1 Å². The molecule has 3 aliphatic rings. The first-order valence-electron chi connectivity index (χ1n) is 16.8. The Hall–Kier alpha value is -1.80. The highest BCUT2D eigenvalue weighted by Gasteiger charge is 2.58. The monoisotopic (exact) mass is 654 g/mol. The minimum atomic E-state index is -4.13. The largest absolute Gasteiger partial charge is 0.441 e. The Bertz CT molecular complexity index is 1140. The molecule has 11 nitrogen and oxygen atoms in total. The van der Waals surface area contributed by atoms with Crippen LogP contribution in [-0.2, 0) is 38.4 Å². The van der Waals surface area contributed by atoms with Crippen molar-refractivity contribution in [3.05, 3.63) is 29.8 Å². The maximum absolute atomic E-state index is 13.1. The van der Waals surface area contributed by atoms with Crippen molar-refractivity contribution in [3.63, 3.8) is 0 Å². The van der Waals surface area contributed by atoms with Crippen LogP contribution < -0.4 is 4.72 Å². The Balaban J connectivity index is 1.35. The number of fused-ring (bicyclic) bond motifs is 1. The molecule has 0 aliphatic carbocycles. The van der Waals surface area contributed by atoms with Gasteiger partial charge in [0.25, 0.3) is 10.0 Å². The Labute approximate surface area is 269 Å².